The van der Waals surface area contributed by atoms with Crippen molar-refractivity contribution in [3.63, 3.8) is 0 Å². The van der Waals surface area contributed by atoms with Gasteiger partial charge in [-0.1, -0.05) is 17.8 Å². The van der Waals surface area contributed by atoms with Gasteiger partial charge in [-0.3, -0.25) is 10.1 Å². The minimum Gasteiger partial charge on any atom is -0.258 e. The molecule has 0 amide bonds. The predicted octanol–water partition coefficient (Wildman–Crippen LogP) is 3.50. The molecule has 0 N–H and O–H groups in total. The number of pyridine rings is 1. The molecule has 1 aliphatic rings. The van der Waals surface area contributed by atoms with Crippen molar-refractivity contribution >= 4 is 17.4 Å². The zero-order valence-corrected chi connectivity index (χ0v) is 11.9. The van der Waals surface area contributed by atoms with Crippen LogP contribution in [0.5, 0.6) is 0 Å². The summed E-state index contributed by atoms with van der Waals surface area (Å²) in [5, 5.41) is 20.3. The highest BCUT2D eigenvalue weighted by Gasteiger charge is 2.16. The Balaban J connectivity index is 1.88. The van der Waals surface area contributed by atoms with Crippen LogP contribution in [0.4, 0.5) is 5.69 Å². The minimum absolute atomic E-state index is 0.147. The second-order valence-corrected chi connectivity index (χ2v) is 5.87. The van der Waals surface area contributed by atoms with Crippen LogP contribution < -0.4 is 0 Å². The molecule has 0 aliphatic heterocycles. The van der Waals surface area contributed by atoms with E-state index in [1.54, 1.807) is 12.1 Å². The third-order valence-electron chi connectivity index (χ3n) is 3.44. The first-order valence-electron chi connectivity index (χ1n) is 6.52. The van der Waals surface area contributed by atoms with Gasteiger partial charge in [-0.25, -0.2) is 4.98 Å². The van der Waals surface area contributed by atoms with Gasteiger partial charge in [0.1, 0.15) is 11.1 Å². The maximum Gasteiger partial charge on any atom is 0.305 e. The zero-order chi connectivity index (χ0) is 14.8. The predicted molar refractivity (Wildman–Crippen MR) is 78.2 cm³/mol. The van der Waals surface area contributed by atoms with Gasteiger partial charge in [0.05, 0.1) is 4.92 Å². The van der Waals surface area contributed by atoms with E-state index < -0.39 is 4.92 Å². The Morgan fingerprint density at radius 2 is 2.05 bits per heavy atom. The molecule has 0 unspecified atom stereocenters. The number of nitriles is 1. The standard InChI is InChI=1S/C15H11N3O2S/c16-9-13-14(18(19)20)6-7-15(17-13)21-12-5-4-10-2-1-3-11(10)8-12/h4-8H,1-3H2. The van der Waals surface area contributed by atoms with E-state index in [2.05, 4.69) is 17.1 Å². The molecule has 5 nitrogen and oxygen atoms in total. The minimum atomic E-state index is -0.588. The Morgan fingerprint density at radius 3 is 2.81 bits per heavy atom. The number of aromatic nitrogens is 1. The van der Waals surface area contributed by atoms with Crippen molar-refractivity contribution in [2.24, 2.45) is 0 Å². The van der Waals surface area contributed by atoms with E-state index in [0.717, 1.165) is 17.7 Å². The Morgan fingerprint density at radius 1 is 1.24 bits per heavy atom. The van der Waals surface area contributed by atoms with E-state index in [9.17, 15) is 10.1 Å². The Labute approximate surface area is 125 Å². The largest absolute Gasteiger partial charge is 0.305 e. The van der Waals surface area contributed by atoms with Gasteiger partial charge in [0, 0.05) is 11.0 Å². The highest BCUT2D eigenvalue weighted by Crippen LogP contribution is 2.32. The van der Waals surface area contributed by atoms with Crippen LogP contribution >= 0.6 is 11.8 Å². The van der Waals surface area contributed by atoms with Crippen molar-refractivity contribution < 1.29 is 4.92 Å². The van der Waals surface area contributed by atoms with Gasteiger partial charge in [-0.05, 0) is 48.6 Å². The first kappa shape index (κ1) is 13.6. The molecule has 1 aliphatic carbocycles. The molecule has 0 saturated carbocycles. The number of fused-ring (bicyclic) bond motifs is 1. The molecule has 1 aromatic heterocycles. The molecule has 2 aromatic rings. The van der Waals surface area contributed by atoms with E-state index in [1.807, 2.05) is 6.07 Å². The average molecular weight is 297 g/mol. The zero-order valence-electron chi connectivity index (χ0n) is 11.1. The van der Waals surface area contributed by atoms with E-state index >= 15 is 0 Å². The van der Waals surface area contributed by atoms with E-state index in [0.29, 0.717) is 5.03 Å². The molecule has 1 aromatic carbocycles. The number of aryl methyl sites for hydroxylation is 2. The second-order valence-electron chi connectivity index (χ2n) is 4.77. The van der Waals surface area contributed by atoms with Crippen LogP contribution in [0.2, 0.25) is 0 Å². The van der Waals surface area contributed by atoms with Gasteiger partial charge in [-0.2, -0.15) is 5.26 Å². The number of rotatable bonds is 3. The first-order chi connectivity index (χ1) is 10.2. The lowest BCUT2D eigenvalue weighted by molar-refractivity contribution is -0.385. The molecule has 6 heteroatoms. The SMILES string of the molecule is N#Cc1nc(Sc2ccc3c(c2)CCC3)ccc1[N+](=O)[O-]. The molecule has 0 bridgehead atoms. The topological polar surface area (TPSA) is 79.8 Å². The summed E-state index contributed by atoms with van der Waals surface area (Å²) >= 11 is 1.42. The summed E-state index contributed by atoms with van der Waals surface area (Å²) in [6, 6.07) is 11.0. The Bertz CT molecular complexity index is 768. The molecule has 1 heterocycles. The normalized spacial score (nSPS) is 12.7. The summed E-state index contributed by atoms with van der Waals surface area (Å²) in [6.45, 7) is 0. The molecule has 0 radical (unpaired) electrons. The number of hydrogen-bond acceptors (Lipinski definition) is 5. The Kier molecular flexibility index (Phi) is 3.59. The summed E-state index contributed by atoms with van der Waals surface area (Å²) in [6.07, 6.45) is 3.42. The molecule has 21 heavy (non-hydrogen) atoms. The third kappa shape index (κ3) is 2.73. The lowest BCUT2D eigenvalue weighted by Gasteiger charge is -2.04. The summed E-state index contributed by atoms with van der Waals surface area (Å²) in [7, 11) is 0. The lowest BCUT2D eigenvalue weighted by atomic mass is 10.1. The summed E-state index contributed by atoms with van der Waals surface area (Å²) < 4.78 is 0. The maximum atomic E-state index is 10.8. The maximum absolute atomic E-state index is 10.8. The van der Waals surface area contributed by atoms with Crippen LogP contribution in [0.3, 0.4) is 0 Å². The van der Waals surface area contributed by atoms with Crippen molar-refractivity contribution in [1.29, 1.82) is 5.26 Å². The number of hydrogen-bond donors (Lipinski definition) is 0. The highest BCUT2D eigenvalue weighted by atomic mass is 32.2. The first-order valence-corrected chi connectivity index (χ1v) is 7.34. The van der Waals surface area contributed by atoms with Gasteiger partial charge in [0.2, 0.25) is 5.69 Å². The fourth-order valence-electron chi connectivity index (χ4n) is 2.45. The molecule has 0 atom stereocenters. The average Bonchev–Trinajstić information content (AvgIpc) is 2.94. The van der Waals surface area contributed by atoms with E-state index in [4.69, 9.17) is 5.26 Å². The van der Waals surface area contributed by atoms with Crippen LogP contribution in [0.1, 0.15) is 23.2 Å². The van der Waals surface area contributed by atoms with Crippen LogP contribution in [0.15, 0.2) is 40.3 Å². The molecule has 3 rings (SSSR count). The van der Waals surface area contributed by atoms with Crippen molar-refractivity contribution in [1.82, 2.24) is 4.98 Å². The van der Waals surface area contributed by atoms with E-state index in [-0.39, 0.29) is 11.4 Å². The van der Waals surface area contributed by atoms with Crippen LogP contribution in [0.25, 0.3) is 0 Å². The van der Waals surface area contributed by atoms with Crippen molar-refractivity contribution in [3.05, 3.63) is 57.3 Å². The van der Waals surface area contributed by atoms with Crippen molar-refractivity contribution in [3.8, 4) is 6.07 Å². The number of nitro groups is 1. The Hall–Kier alpha value is -2.39. The summed E-state index contributed by atoms with van der Waals surface area (Å²) in [5.41, 5.74) is 2.36. The molecule has 0 spiro atoms. The second kappa shape index (κ2) is 5.54. The van der Waals surface area contributed by atoms with Gasteiger partial charge >= 0.3 is 5.69 Å². The lowest BCUT2D eigenvalue weighted by Crippen LogP contribution is -1.95. The monoisotopic (exact) mass is 297 g/mol. The van der Waals surface area contributed by atoms with Crippen LogP contribution in [0, 0.1) is 21.4 Å². The number of benzene rings is 1. The van der Waals surface area contributed by atoms with Gasteiger partial charge < -0.3 is 0 Å². The number of nitrogens with zero attached hydrogens (tertiary/aromatic N) is 3. The van der Waals surface area contributed by atoms with Crippen LogP contribution in [-0.4, -0.2) is 9.91 Å². The molecular formula is C15H11N3O2S. The fourth-order valence-corrected chi connectivity index (χ4v) is 3.30. The van der Waals surface area contributed by atoms with Gasteiger partial charge in [-0.15, -0.1) is 0 Å². The quantitative estimate of drug-likeness (QED) is 0.640. The van der Waals surface area contributed by atoms with Gasteiger partial charge in [0.25, 0.3) is 0 Å². The molecule has 104 valence electrons. The molecular weight excluding hydrogens is 286 g/mol. The summed E-state index contributed by atoms with van der Waals surface area (Å²) in [5.74, 6) is 0. The third-order valence-corrected chi connectivity index (χ3v) is 4.37. The van der Waals surface area contributed by atoms with Crippen molar-refractivity contribution in [2.75, 3.05) is 0 Å². The fraction of sp³-hybridized carbons (Fsp3) is 0.200. The van der Waals surface area contributed by atoms with Crippen molar-refractivity contribution in [2.45, 2.75) is 29.2 Å². The smallest absolute Gasteiger partial charge is 0.258 e. The summed E-state index contributed by atoms with van der Waals surface area (Å²) in [4.78, 5) is 15.3. The van der Waals surface area contributed by atoms with E-state index in [1.165, 1.54) is 35.4 Å². The van der Waals surface area contributed by atoms with Crippen LogP contribution in [-0.2, 0) is 12.8 Å². The highest BCUT2D eigenvalue weighted by molar-refractivity contribution is 7.99. The molecule has 0 saturated heterocycles. The molecule has 0 fully saturated rings. The van der Waals surface area contributed by atoms with Gasteiger partial charge in [0.15, 0.2) is 0 Å².